The number of nitrogens with zero attached hydrogens (tertiary/aromatic N) is 1. The predicted molar refractivity (Wildman–Crippen MR) is 75.2 cm³/mol. The van der Waals surface area contributed by atoms with Gasteiger partial charge in [-0.25, -0.2) is 0 Å². The molecule has 1 unspecified atom stereocenters. The molecule has 1 rings (SSSR count). The zero-order chi connectivity index (χ0) is 14.5. The Morgan fingerprint density at radius 3 is 2.47 bits per heavy atom. The highest BCUT2D eigenvalue weighted by atomic mass is 16.5. The molecule has 0 aliphatic carbocycles. The highest BCUT2D eigenvalue weighted by Gasteiger charge is 2.34. The number of carbonyl (C=O) groups is 1. The number of hydrogen-bond acceptors (Lipinski definition) is 5. The van der Waals surface area contributed by atoms with Crippen molar-refractivity contribution in [1.29, 1.82) is 0 Å². The fourth-order valence-electron chi connectivity index (χ4n) is 2.47. The second kappa shape index (κ2) is 7.22. The van der Waals surface area contributed by atoms with Gasteiger partial charge in [-0.2, -0.15) is 0 Å². The topological polar surface area (TPSA) is 50.8 Å². The molecule has 1 fully saturated rings. The number of esters is 1. The van der Waals surface area contributed by atoms with Crippen LogP contribution < -0.4 is 5.32 Å². The van der Waals surface area contributed by atoms with Gasteiger partial charge in [0.2, 0.25) is 0 Å². The van der Waals surface area contributed by atoms with Crippen molar-refractivity contribution in [3.05, 3.63) is 0 Å². The van der Waals surface area contributed by atoms with E-state index in [0.29, 0.717) is 6.61 Å². The Labute approximate surface area is 116 Å². The summed E-state index contributed by atoms with van der Waals surface area (Å²) in [5, 5.41) is 3.09. The molecule has 1 saturated heterocycles. The Morgan fingerprint density at radius 1 is 1.42 bits per heavy atom. The molecule has 0 aromatic rings. The van der Waals surface area contributed by atoms with E-state index in [-0.39, 0.29) is 18.2 Å². The van der Waals surface area contributed by atoms with Crippen LogP contribution in [0.15, 0.2) is 0 Å². The van der Waals surface area contributed by atoms with Crippen LogP contribution in [0.25, 0.3) is 0 Å². The van der Waals surface area contributed by atoms with E-state index in [9.17, 15) is 4.79 Å². The van der Waals surface area contributed by atoms with Gasteiger partial charge in [-0.05, 0) is 41.2 Å². The fourth-order valence-corrected chi connectivity index (χ4v) is 2.47. The van der Waals surface area contributed by atoms with E-state index >= 15 is 0 Å². The van der Waals surface area contributed by atoms with Crippen LogP contribution in [-0.2, 0) is 14.3 Å². The maximum Gasteiger partial charge on any atom is 0.326 e. The number of nitrogens with one attached hydrogen (secondary N) is 1. The standard InChI is InChI=1S/C14H28N2O3/c1-6-18-13(17)14(4,15-5)7-8-16-9-11(2)19-12(3)10-16/h11-12,15H,6-10H2,1-5H3/t11-,12+,14?. The first-order chi connectivity index (χ1) is 8.91. The lowest BCUT2D eigenvalue weighted by atomic mass is 9.97. The molecule has 1 aliphatic heterocycles. The molecule has 5 nitrogen and oxygen atoms in total. The van der Waals surface area contributed by atoms with Gasteiger partial charge in [-0.3, -0.25) is 9.69 Å². The lowest BCUT2D eigenvalue weighted by molar-refractivity contribution is -0.151. The number of rotatable bonds is 6. The second-order valence-corrected chi connectivity index (χ2v) is 5.57. The minimum atomic E-state index is -0.610. The van der Waals surface area contributed by atoms with Gasteiger partial charge in [0.05, 0.1) is 18.8 Å². The number of ether oxygens (including phenoxy) is 2. The number of morpholine rings is 1. The molecule has 0 aromatic heterocycles. The van der Waals surface area contributed by atoms with Gasteiger partial charge in [0.15, 0.2) is 0 Å². The van der Waals surface area contributed by atoms with E-state index in [2.05, 4.69) is 24.1 Å². The van der Waals surface area contributed by atoms with E-state index in [1.165, 1.54) is 0 Å². The Hall–Kier alpha value is -0.650. The second-order valence-electron chi connectivity index (χ2n) is 5.57. The smallest absolute Gasteiger partial charge is 0.326 e. The predicted octanol–water partition coefficient (Wildman–Crippen LogP) is 1.03. The van der Waals surface area contributed by atoms with Crippen LogP contribution in [0.5, 0.6) is 0 Å². The van der Waals surface area contributed by atoms with Crippen molar-refractivity contribution in [2.45, 2.75) is 51.9 Å². The molecule has 0 spiro atoms. The maximum atomic E-state index is 12.0. The van der Waals surface area contributed by atoms with Crippen molar-refractivity contribution < 1.29 is 14.3 Å². The van der Waals surface area contributed by atoms with Crippen LogP contribution in [0.4, 0.5) is 0 Å². The molecule has 0 aromatic carbocycles. The van der Waals surface area contributed by atoms with Gasteiger partial charge in [-0.1, -0.05) is 0 Å². The summed E-state index contributed by atoms with van der Waals surface area (Å²) in [6, 6.07) is 0. The van der Waals surface area contributed by atoms with Gasteiger partial charge in [-0.15, -0.1) is 0 Å². The van der Waals surface area contributed by atoms with Gasteiger partial charge >= 0.3 is 5.97 Å². The van der Waals surface area contributed by atoms with Crippen molar-refractivity contribution in [2.75, 3.05) is 33.3 Å². The normalized spacial score (nSPS) is 27.8. The molecule has 112 valence electrons. The minimum absolute atomic E-state index is 0.174. The molecular formula is C14H28N2O3. The van der Waals surface area contributed by atoms with Crippen LogP contribution in [0.1, 0.15) is 34.1 Å². The van der Waals surface area contributed by atoms with Crippen LogP contribution in [0.3, 0.4) is 0 Å². The molecule has 0 radical (unpaired) electrons. The summed E-state index contributed by atoms with van der Waals surface area (Å²) in [5.74, 6) is -0.174. The summed E-state index contributed by atoms with van der Waals surface area (Å²) in [6.07, 6.45) is 1.25. The van der Waals surface area contributed by atoms with Crippen molar-refractivity contribution in [1.82, 2.24) is 10.2 Å². The molecular weight excluding hydrogens is 244 g/mol. The molecule has 0 amide bonds. The molecule has 5 heteroatoms. The van der Waals surface area contributed by atoms with Crippen LogP contribution in [0, 0.1) is 0 Å². The first-order valence-corrected chi connectivity index (χ1v) is 7.15. The number of likely N-dealkylation sites (N-methyl/N-ethyl adjacent to an activating group) is 1. The van der Waals surface area contributed by atoms with Crippen LogP contribution >= 0.6 is 0 Å². The van der Waals surface area contributed by atoms with E-state index in [0.717, 1.165) is 26.1 Å². The largest absolute Gasteiger partial charge is 0.465 e. The van der Waals surface area contributed by atoms with Gasteiger partial charge in [0.1, 0.15) is 5.54 Å². The highest BCUT2D eigenvalue weighted by Crippen LogP contribution is 2.16. The molecule has 0 saturated carbocycles. The van der Waals surface area contributed by atoms with E-state index in [1.807, 2.05) is 20.9 Å². The molecule has 1 heterocycles. The van der Waals surface area contributed by atoms with Crippen LogP contribution in [-0.4, -0.2) is 61.9 Å². The Balaban J connectivity index is 2.50. The monoisotopic (exact) mass is 272 g/mol. The molecule has 19 heavy (non-hydrogen) atoms. The first kappa shape index (κ1) is 16.4. The van der Waals surface area contributed by atoms with Crippen molar-refractivity contribution in [3.8, 4) is 0 Å². The summed E-state index contributed by atoms with van der Waals surface area (Å²) in [5.41, 5.74) is -0.610. The van der Waals surface area contributed by atoms with Gasteiger partial charge in [0.25, 0.3) is 0 Å². The maximum absolute atomic E-state index is 12.0. The van der Waals surface area contributed by atoms with Crippen molar-refractivity contribution in [3.63, 3.8) is 0 Å². The third kappa shape index (κ3) is 4.75. The third-order valence-electron chi connectivity index (χ3n) is 3.70. The summed E-state index contributed by atoms with van der Waals surface area (Å²) in [7, 11) is 1.81. The Kier molecular flexibility index (Phi) is 6.23. The Morgan fingerprint density at radius 2 is 2.00 bits per heavy atom. The lowest BCUT2D eigenvalue weighted by Gasteiger charge is -2.37. The molecule has 1 N–H and O–H groups in total. The summed E-state index contributed by atoms with van der Waals surface area (Å²) < 4.78 is 10.8. The Bertz CT molecular complexity index is 288. The quantitative estimate of drug-likeness (QED) is 0.732. The average molecular weight is 272 g/mol. The SMILES string of the molecule is CCOC(=O)C(C)(CCN1C[C@@H](C)O[C@@H](C)C1)NC. The minimum Gasteiger partial charge on any atom is -0.465 e. The number of carbonyl (C=O) groups excluding carboxylic acids is 1. The zero-order valence-electron chi connectivity index (χ0n) is 12.9. The van der Waals surface area contributed by atoms with Crippen molar-refractivity contribution >= 4 is 5.97 Å². The fraction of sp³-hybridized carbons (Fsp3) is 0.929. The van der Waals surface area contributed by atoms with Gasteiger partial charge in [0, 0.05) is 19.6 Å². The lowest BCUT2D eigenvalue weighted by Crippen LogP contribution is -2.52. The van der Waals surface area contributed by atoms with Gasteiger partial charge < -0.3 is 14.8 Å². The average Bonchev–Trinajstić information content (AvgIpc) is 2.35. The van der Waals surface area contributed by atoms with E-state index in [4.69, 9.17) is 9.47 Å². The first-order valence-electron chi connectivity index (χ1n) is 7.15. The number of hydrogen-bond donors (Lipinski definition) is 1. The highest BCUT2D eigenvalue weighted by molar-refractivity contribution is 5.80. The summed E-state index contributed by atoms with van der Waals surface area (Å²) in [4.78, 5) is 14.3. The van der Waals surface area contributed by atoms with Crippen LogP contribution in [0.2, 0.25) is 0 Å². The van der Waals surface area contributed by atoms with E-state index in [1.54, 1.807) is 0 Å². The molecule has 1 aliphatic rings. The third-order valence-corrected chi connectivity index (χ3v) is 3.70. The summed E-state index contributed by atoms with van der Waals surface area (Å²) >= 11 is 0. The van der Waals surface area contributed by atoms with Crippen molar-refractivity contribution in [2.24, 2.45) is 0 Å². The van der Waals surface area contributed by atoms with E-state index < -0.39 is 5.54 Å². The summed E-state index contributed by atoms with van der Waals surface area (Å²) in [6.45, 7) is 11.0. The molecule has 0 bridgehead atoms. The zero-order valence-corrected chi connectivity index (χ0v) is 12.9. The molecule has 3 atom stereocenters.